The van der Waals surface area contributed by atoms with Crippen molar-refractivity contribution in [2.75, 3.05) is 32.8 Å². The minimum Gasteiger partial charge on any atom is -0.378 e. The molecule has 0 radical (unpaired) electrons. The molecule has 0 saturated carbocycles. The molecule has 3 rings (SSSR count). The lowest BCUT2D eigenvalue weighted by atomic mass is 9.99. The van der Waals surface area contributed by atoms with Crippen molar-refractivity contribution in [2.24, 2.45) is 0 Å². The van der Waals surface area contributed by atoms with E-state index in [2.05, 4.69) is 41.7 Å². The molecular formula is C20H24N2O2. The molecular weight excluding hydrogens is 300 g/mol. The van der Waals surface area contributed by atoms with E-state index in [0.717, 1.165) is 6.42 Å². The van der Waals surface area contributed by atoms with Crippen LogP contribution in [0.25, 0.3) is 0 Å². The average molecular weight is 324 g/mol. The van der Waals surface area contributed by atoms with Crippen molar-refractivity contribution < 1.29 is 9.53 Å². The number of carbonyl (C=O) groups is 1. The molecule has 1 N–H and O–H groups in total. The van der Waals surface area contributed by atoms with Crippen molar-refractivity contribution in [1.29, 1.82) is 0 Å². The van der Waals surface area contributed by atoms with Gasteiger partial charge in [0.05, 0.1) is 19.8 Å². The van der Waals surface area contributed by atoms with Gasteiger partial charge in [-0.05, 0) is 17.5 Å². The Hall–Kier alpha value is -2.17. The van der Waals surface area contributed by atoms with E-state index in [1.54, 1.807) is 0 Å². The Bertz CT molecular complexity index is 625. The number of carbonyl (C=O) groups excluding carboxylic acids is 1. The van der Waals surface area contributed by atoms with Gasteiger partial charge in [-0.3, -0.25) is 4.79 Å². The molecule has 0 bridgehead atoms. The van der Waals surface area contributed by atoms with Crippen molar-refractivity contribution in [3.05, 3.63) is 71.8 Å². The summed E-state index contributed by atoms with van der Waals surface area (Å²) in [5.41, 5.74) is 2.47. The van der Waals surface area contributed by atoms with Crippen LogP contribution in [0, 0.1) is 0 Å². The number of morpholine rings is 1. The Morgan fingerprint density at radius 3 is 2.29 bits per heavy atom. The number of amides is 1. The summed E-state index contributed by atoms with van der Waals surface area (Å²) < 4.78 is 5.31. The zero-order valence-corrected chi connectivity index (χ0v) is 13.9. The molecule has 4 heteroatoms. The van der Waals surface area contributed by atoms with E-state index in [0.29, 0.717) is 32.8 Å². The molecule has 0 aromatic heterocycles. The summed E-state index contributed by atoms with van der Waals surface area (Å²) in [5.74, 6) is 0.146. The molecule has 2 aromatic rings. The number of nitrogens with one attached hydrogen (secondary N) is 1. The van der Waals surface area contributed by atoms with Crippen molar-refractivity contribution in [1.82, 2.24) is 10.2 Å². The minimum absolute atomic E-state index is 0.124. The van der Waals surface area contributed by atoms with Crippen molar-refractivity contribution in [3.8, 4) is 0 Å². The number of benzene rings is 2. The fourth-order valence-electron chi connectivity index (χ4n) is 2.98. The van der Waals surface area contributed by atoms with E-state index in [4.69, 9.17) is 4.74 Å². The molecule has 0 spiro atoms. The minimum atomic E-state index is 0.124. The van der Waals surface area contributed by atoms with Gasteiger partial charge in [-0.2, -0.15) is 0 Å². The average Bonchev–Trinajstić information content (AvgIpc) is 2.67. The van der Waals surface area contributed by atoms with E-state index in [-0.39, 0.29) is 11.9 Å². The molecule has 1 saturated heterocycles. The summed E-state index contributed by atoms with van der Waals surface area (Å²) in [6.07, 6.45) is 0.862. The smallest absolute Gasteiger partial charge is 0.236 e. The third kappa shape index (κ3) is 4.66. The fraction of sp³-hybridized carbons (Fsp3) is 0.350. The first kappa shape index (κ1) is 16.7. The Morgan fingerprint density at radius 1 is 1.00 bits per heavy atom. The van der Waals surface area contributed by atoms with Gasteiger partial charge in [0, 0.05) is 19.1 Å². The maximum Gasteiger partial charge on any atom is 0.236 e. The molecule has 1 heterocycles. The third-order valence-corrected chi connectivity index (χ3v) is 4.35. The topological polar surface area (TPSA) is 41.6 Å². The summed E-state index contributed by atoms with van der Waals surface area (Å²) >= 11 is 0. The largest absolute Gasteiger partial charge is 0.378 e. The highest BCUT2D eigenvalue weighted by Gasteiger charge is 2.19. The van der Waals surface area contributed by atoms with Gasteiger partial charge < -0.3 is 15.0 Å². The molecule has 1 aliphatic heterocycles. The molecule has 1 atom stereocenters. The van der Waals surface area contributed by atoms with E-state index in [1.807, 2.05) is 29.2 Å². The Balaban J connectivity index is 1.64. The standard InChI is InChI=1S/C20H24N2O2/c23-20(22-11-13-24-14-12-22)16-21-19(18-9-5-2-6-10-18)15-17-7-3-1-4-8-17/h1-10,19,21H,11-16H2. The number of hydrogen-bond donors (Lipinski definition) is 1. The first-order valence-corrected chi connectivity index (χ1v) is 8.51. The highest BCUT2D eigenvalue weighted by molar-refractivity contribution is 5.78. The molecule has 1 amide bonds. The van der Waals surface area contributed by atoms with E-state index < -0.39 is 0 Å². The van der Waals surface area contributed by atoms with Crippen LogP contribution < -0.4 is 5.32 Å². The summed E-state index contributed by atoms with van der Waals surface area (Å²) in [6, 6.07) is 20.8. The van der Waals surface area contributed by atoms with Gasteiger partial charge in [-0.25, -0.2) is 0 Å². The van der Waals surface area contributed by atoms with E-state index in [9.17, 15) is 4.79 Å². The lowest BCUT2D eigenvalue weighted by molar-refractivity contribution is -0.134. The molecule has 24 heavy (non-hydrogen) atoms. The summed E-state index contributed by atoms with van der Waals surface area (Å²) in [4.78, 5) is 14.3. The molecule has 0 aliphatic carbocycles. The van der Waals surface area contributed by atoms with Crippen LogP contribution in [0.15, 0.2) is 60.7 Å². The molecule has 4 nitrogen and oxygen atoms in total. The van der Waals surface area contributed by atoms with E-state index >= 15 is 0 Å². The van der Waals surface area contributed by atoms with E-state index in [1.165, 1.54) is 11.1 Å². The van der Waals surface area contributed by atoms with Crippen LogP contribution in [0.1, 0.15) is 17.2 Å². The van der Waals surface area contributed by atoms with Crippen molar-refractivity contribution in [2.45, 2.75) is 12.5 Å². The molecule has 1 fully saturated rings. The van der Waals surface area contributed by atoms with Crippen LogP contribution >= 0.6 is 0 Å². The Morgan fingerprint density at radius 2 is 1.62 bits per heavy atom. The predicted molar refractivity (Wildman–Crippen MR) is 94.7 cm³/mol. The van der Waals surface area contributed by atoms with Crippen LogP contribution in [0.5, 0.6) is 0 Å². The quantitative estimate of drug-likeness (QED) is 0.887. The maximum atomic E-state index is 12.4. The second-order valence-electron chi connectivity index (χ2n) is 6.03. The molecule has 1 aliphatic rings. The van der Waals surface area contributed by atoms with Crippen LogP contribution in [0.3, 0.4) is 0 Å². The lowest BCUT2D eigenvalue weighted by Crippen LogP contribution is -2.45. The Kier molecular flexibility index (Phi) is 5.99. The zero-order chi connectivity index (χ0) is 16.6. The van der Waals surface area contributed by atoms with Crippen molar-refractivity contribution >= 4 is 5.91 Å². The molecule has 126 valence electrons. The van der Waals surface area contributed by atoms with Gasteiger partial charge in [-0.15, -0.1) is 0 Å². The second-order valence-corrected chi connectivity index (χ2v) is 6.03. The molecule has 1 unspecified atom stereocenters. The monoisotopic (exact) mass is 324 g/mol. The van der Waals surface area contributed by atoms with Gasteiger partial charge in [-0.1, -0.05) is 60.7 Å². The summed E-state index contributed by atoms with van der Waals surface area (Å²) in [6.45, 7) is 3.01. The summed E-state index contributed by atoms with van der Waals surface area (Å²) in [7, 11) is 0. The van der Waals surface area contributed by atoms with Gasteiger partial charge in [0.2, 0.25) is 5.91 Å². The number of ether oxygens (including phenoxy) is 1. The first-order chi connectivity index (χ1) is 11.8. The predicted octanol–water partition coefficient (Wildman–Crippen LogP) is 2.42. The number of rotatable bonds is 6. The molecule has 2 aromatic carbocycles. The van der Waals surface area contributed by atoms with Crippen LogP contribution in [0.2, 0.25) is 0 Å². The number of hydrogen-bond acceptors (Lipinski definition) is 3. The van der Waals surface area contributed by atoms with Crippen molar-refractivity contribution in [3.63, 3.8) is 0 Å². The van der Waals surface area contributed by atoms with Crippen LogP contribution in [-0.4, -0.2) is 43.7 Å². The number of nitrogens with zero attached hydrogens (tertiary/aromatic N) is 1. The Labute approximate surface area is 143 Å². The highest BCUT2D eigenvalue weighted by Crippen LogP contribution is 2.18. The van der Waals surface area contributed by atoms with Crippen LogP contribution in [-0.2, 0) is 16.0 Å². The van der Waals surface area contributed by atoms with Gasteiger partial charge in [0.25, 0.3) is 0 Å². The SMILES string of the molecule is O=C(CNC(Cc1ccccc1)c1ccccc1)N1CCOCC1. The zero-order valence-electron chi connectivity index (χ0n) is 13.9. The van der Waals surface area contributed by atoms with Gasteiger partial charge in [0.1, 0.15) is 0 Å². The first-order valence-electron chi connectivity index (χ1n) is 8.51. The fourth-order valence-corrected chi connectivity index (χ4v) is 2.98. The highest BCUT2D eigenvalue weighted by atomic mass is 16.5. The summed E-state index contributed by atoms with van der Waals surface area (Å²) in [5, 5.41) is 3.45. The lowest BCUT2D eigenvalue weighted by Gasteiger charge is -2.28. The van der Waals surface area contributed by atoms with Gasteiger partial charge in [0.15, 0.2) is 0 Å². The van der Waals surface area contributed by atoms with Gasteiger partial charge >= 0.3 is 0 Å². The maximum absolute atomic E-state index is 12.4. The normalized spacial score (nSPS) is 15.9. The second kappa shape index (κ2) is 8.62. The van der Waals surface area contributed by atoms with Crippen LogP contribution in [0.4, 0.5) is 0 Å². The third-order valence-electron chi connectivity index (χ3n) is 4.35.